The van der Waals surface area contributed by atoms with Gasteiger partial charge in [-0.25, -0.2) is 0 Å². The van der Waals surface area contributed by atoms with Gasteiger partial charge in [-0.2, -0.15) is 0 Å². The lowest BCUT2D eigenvalue weighted by atomic mass is 9.96. The Morgan fingerprint density at radius 1 is 1.35 bits per heavy atom. The molecule has 1 amide bonds. The van der Waals surface area contributed by atoms with Gasteiger partial charge in [-0.15, -0.1) is 0 Å². The minimum Gasteiger partial charge on any atom is -0.409 e. The Balaban J connectivity index is 2.36. The molecule has 0 saturated heterocycles. The molecule has 3 N–H and O–H groups in total. The number of likely N-dealkylation sites (N-methyl/N-ethyl adjacent to an activating group) is 1. The second-order valence-electron chi connectivity index (χ2n) is 4.90. The van der Waals surface area contributed by atoms with Crippen molar-refractivity contribution >= 4 is 11.7 Å². The SMILES string of the molecule is CN(CC(N)=NO)C(=O)CC1CCCCCC1. The van der Waals surface area contributed by atoms with Crippen LogP contribution in [0.4, 0.5) is 0 Å². The molecule has 98 valence electrons. The molecule has 0 spiro atoms. The number of carbonyl (C=O) groups is 1. The molecule has 5 heteroatoms. The number of nitrogens with zero attached hydrogens (tertiary/aromatic N) is 2. The first-order valence-electron chi connectivity index (χ1n) is 6.34. The van der Waals surface area contributed by atoms with Gasteiger partial charge in [0.1, 0.15) is 0 Å². The summed E-state index contributed by atoms with van der Waals surface area (Å²) in [7, 11) is 1.69. The summed E-state index contributed by atoms with van der Waals surface area (Å²) in [5.74, 6) is 0.671. The molecule has 5 nitrogen and oxygen atoms in total. The number of oxime groups is 1. The summed E-state index contributed by atoms with van der Waals surface area (Å²) in [4.78, 5) is 13.4. The highest BCUT2D eigenvalue weighted by molar-refractivity contribution is 5.86. The number of hydrogen-bond donors (Lipinski definition) is 2. The predicted molar refractivity (Wildman–Crippen MR) is 66.9 cm³/mol. The van der Waals surface area contributed by atoms with E-state index in [1.54, 1.807) is 7.05 Å². The molecule has 1 aliphatic carbocycles. The summed E-state index contributed by atoms with van der Waals surface area (Å²) in [5, 5.41) is 11.3. The normalized spacial score (nSPS) is 18.8. The summed E-state index contributed by atoms with van der Waals surface area (Å²) in [6.07, 6.45) is 7.97. The van der Waals surface area contributed by atoms with E-state index in [1.807, 2.05) is 0 Å². The molecule has 0 bridgehead atoms. The third kappa shape index (κ3) is 5.06. The first-order chi connectivity index (χ1) is 8.13. The maximum absolute atomic E-state index is 11.9. The highest BCUT2D eigenvalue weighted by Gasteiger charge is 2.18. The number of nitrogens with two attached hydrogens (primary N) is 1. The van der Waals surface area contributed by atoms with E-state index in [-0.39, 0.29) is 18.3 Å². The van der Waals surface area contributed by atoms with Crippen LogP contribution in [0.3, 0.4) is 0 Å². The molecule has 0 unspecified atom stereocenters. The highest BCUT2D eigenvalue weighted by Crippen LogP contribution is 2.25. The van der Waals surface area contributed by atoms with Gasteiger partial charge in [0.25, 0.3) is 0 Å². The Labute approximate surface area is 103 Å². The van der Waals surface area contributed by atoms with Gasteiger partial charge >= 0.3 is 0 Å². The molecule has 1 fully saturated rings. The standard InChI is InChI=1S/C12H23N3O2/c1-15(9-11(13)14-17)12(16)8-10-6-4-2-3-5-7-10/h10,17H,2-9H2,1H3,(H2,13,14). The fourth-order valence-electron chi connectivity index (χ4n) is 2.33. The fourth-order valence-corrected chi connectivity index (χ4v) is 2.33. The average molecular weight is 241 g/mol. The van der Waals surface area contributed by atoms with Crippen LogP contribution < -0.4 is 5.73 Å². The molecule has 17 heavy (non-hydrogen) atoms. The van der Waals surface area contributed by atoms with Crippen LogP contribution in [0, 0.1) is 5.92 Å². The summed E-state index contributed by atoms with van der Waals surface area (Å²) >= 11 is 0. The van der Waals surface area contributed by atoms with Crippen molar-refractivity contribution in [2.24, 2.45) is 16.8 Å². The van der Waals surface area contributed by atoms with E-state index in [4.69, 9.17) is 10.9 Å². The van der Waals surface area contributed by atoms with Gasteiger partial charge in [-0.1, -0.05) is 30.8 Å². The van der Waals surface area contributed by atoms with Crippen LogP contribution in [0.1, 0.15) is 44.9 Å². The Morgan fingerprint density at radius 3 is 2.47 bits per heavy atom. The number of rotatable bonds is 4. The van der Waals surface area contributed by atoms with Crippen LogP contribution >= 0.6 is 0 Å². The van der Waals surface area contributed by atoms with E-state index in [1.165, 1.54) is 30.6 Å². The van der Waals surface area contributed by atoms with Gasteiger partial charge in [-0.3, -0.25) is 4.79 Å². The van der Waals surface area contributed by atoms with Crippen LogP contribution in [0.15, 0.2) is 5.16 Å². The number of amidine groups is 1. The number of amides is 1. The van der Waals surface area contributed by atoms with Gasteiger partial charge in [0.05, 0.1) is 6.54 Å². The lowest BCUT2D eigenvalue weighted by Gasteiger charge is -2.20. The van der Waals surface area contributed by atoms with E-state index < -0.39 is 0 Å². The van der Waals surface area contributed by atoms with E-state index in [9.17, 15) is 4.79 Å². The van der Waals surface area contributed by atoms with Crippen molar-refractivity contribution in [3.63, 3.8) is 0 Å². The molecular formula is C12H23N3O2. The second-order valence-corrected chi connectivity index (χ2v) is 4.90. The van der Waals surface area contributed by atoms with Crippen LogP contribution in [-0.4, -0.2) is 35.4 Å². The second kappa shape index (κ2) is 7.14. The molecule has 0 radical (unpaired) electrons. The third-order valence-electron chi connectivity index (χ3n) is 3.39. The lowest BCUT2D eigenvalue weighted by molar-refractivity contribution is -0.130. The molecule has 0 aromatic heterocycles. The van der Waals surface area contributed by atoms with Crippen LogP contribution in [0.2, 0.25) is 0 Å². The molecule has 0 aromatic carbocycles. The van der Waals surface area contributed by atoms with Crippen molar-refractivity contribution in [3.8, 4) is 0 Å². The monoisotopic (exact) mass is 241 g/mol. The van der Waals surface area contributed by atoms with Gasteiger partial charge in [0.15, 0.2) is 5.84 Å². The minimum absolute atomic E-state index is 0.0710. The van der Waals surface area contributed by atoms with Crippen LogP contribution in [0.5, 0.6) is 0 Å². The van der Waals surface area contributed by atoms with Crippen molar-refractivity contribution < 1.29 is 10.0 Å². The molecule has 0 aromatic rings. The summed E-state index contributed by atoms with van der Waals surface area (Å²) in [6, 6.07) is 0. The molecule has 0 aliphatic heterocycles. The molecule has 1 rings (SSSR count). The first kappa shape index (κ1) is 13.8. The van der Waals surface area contributed by atoms with E-state index in [2.05, 4.69) is 5.16 Å². The van der Waals surface area contributed by atoms with Crippen molar-refractivity contribution in [1.82, 2.24) is 4.90 Å². The van der Waals surface area contributed by atoms with Crippen molar-refractivity contribution in [2.45, 2.75) is 44.9 Å². The molecule has 0 atom stereocenters. The smallest absolute Gasteiger partial charge is 0.222 e. The Kier molecular flexibility index (Phi) is 5.80. The van der Waals surface area contributed by atoms with Crippen molar-refractivity contribution in [1.29, 1.82) is 0 Å². The maximum atomic E-state index is 11.9. The molecule has 1 saturated carbocycles. The summed E-state index contributed by atoms with van der Waals surface area (Å²) in [5.41, 5.74) is 5.38. The zero-order valence-electron chi connectivity index (χ0n) is 10.6. The van der Waals surface area contributed by atoms with Gasteiger partial charge in [-0.05, 0) is 18.8 Å². The number of hydrogen-bond acceptors (Lipinski definition) is 3. The quantitative estimate of drug-likeness (QED) is 0.258. The molecule has 1 aliphatic rings. The third-order valence-corrected chi connectivity index (χ3v) is 3.39. The number of carbonyl (C=O) groups excluding carboxylic acids is 1. The van der Waals surface area contributed by atoms with Crippen molar-refractivity contribution in [3.05, 3.63) is 0 Å². The Morgan fingerprint density at radius 2 is 1.94 bits per heavy atom. The summed E-state index contributed by atoms with van der Waals surface area (Å²) in [6.45, 7) is 0.196. The zero-order chi connectivity index (χ0) is 12.7. The summed E-state index contributed by atoms with van der Waals surface area (Å²) < 4.78 is 0. The Bertz CT molecular complexity index is 271. The zero-order valence-corrected chi connectivity index (χ0v) is 10.6. The first-order valence-corrected chi connectivity index (χ1v) is 6.34. The molecular weight excluding hydrogens is 218 g/mol. The maximum Gasteiger partial charge on any atom is 0.222 e. The van der Waals surface area contributed by atoms with Crippen LogP contribution in [0.25, 0.3) is 0 Å². The predicted octanol–water partition coefficient (Wildman–Crippen LogP) is 1.55. The fraction of sp³-hybridized carbons (Fsp3) is 0.833. The topological polar surface area (TPSA) is 78.9 Å². The van der Waals surface area contributed by atoms with Crippen LogP contribution in [-0.2, 0) is 4.79 Å². The van der Waals surface area contributed by atoms with Gasteiger partial charge in [0.2, 0.25) is 5.91 Å². The lowest BCUT2D eigenvalue weighted by Crippen LogP contribution is -2.36. The van der Waals surface area contributed by atoms with E-state index in [0.29, 0.717) is 12.3 Å². The largest absolute Gasteiger partial charge is 0.409 e. The Hall–Kier alpha value is -1.26. The van der Waals surface area contributed by atoms with E-state index in [0.717, 1.165) is 12.8 Å². The minimum atomic E-state index is 0.0710. The molecule has 0 heterocycles. The van der Waals surface area contributed by atoms with Crippen molar-refractivity contribution in [2.75, 3.05) is 13.6 Å². The highest BCUT2D eigenvalue weighted by atomic mass is 16.4. The van der Waals surface area contributed by atoms with Gasteiger partial charge in [0, 0.05) is 13.5 Å². The average Bonchev–Trinajstić information content (AvgIpc) is 2.57. The van der Waals surface area contributed by atoms with E-state index >= 15 is 0 Å². The van der Waals surface area contributed by atoms with Gasteiger partial charge < -0.3 is 15.8 Å².